The number of amides is 2. The van der Waals surface area contributed by atoms with Gasteiger partial charge in [-0.05, 0) is 6.07 Å². The number of carbonyl (C=O) groups excluding carboxylic acids is 1. The first-order chi connectivity index (χ1) is 6.68. The molecule has 0 aliphatic carbocycles. The van der Waals surface area contributed by atoms with E-state index in [9.17, 15) is 15.0 Å². The molecule has 14 heavy (non-hydrogen) atoms. The molecule has 1 aliphatic heterocycles. The number of benzene rings is 1. The Morgan fingerprint density at radius 2 is 2.14 bits per heavy atom. The second-order valence-corrected chi connectivity index (χ2v) is 3.12. The van der Waals surface area contributed by atoms with Gasteiger partial charge in [0.25, 0.3) is 0 Å². The van der Waals surface area contributed by atoms with Gasteiger partial charge in [-0.2, -0.15) is 0 Å². The van der Waals surface area contributed by atoms with Crippen molar-refractivity contribution in [2.75, 3.05) is 6.54 Å². The molecule has 4 N–H and O–H groups in total. The van der Waals surface area contributed by atoms with E-state index in [4.69, 9.17) is 0 Å². The Bertz CT molecular complexity index is 378. The minimum absolute atomic E-state index is 0.177. The van der Waals surface area contributed by atoms with E-state index < -0.39 is 0 Å². The van der Waals surface area contributed by atoms with Crippen LogP contribution in [0.1, 0.15) is 11.6 Å². The maximum atomic E-state index is 10.9. The molecule has 5 heteroatoms. The van der Waals surface area contributed by atoms with Crippen LogP contribution >= 0.6 is 0 Å². The summed E-state index contributed by atoms with van der Waals surface area (Å²) in [6, 6.07) is 4.12. The number of urea groups is 1. The van der Waals surface area contributed by atoms with Crippen molar-refractivity contribution >= 4 is 6.03 Å². The number of phenols is 2. The van der Waals surface area contributed by atoms with Crippen molar-refractivity contribution in [1.29, 1.82) is 0 Å². The first-order valence-electron chi connectivity index (χ1n) is 4.23. The predicted molar refractivity (Wildman–Crippen MR) is 49.0 cm³/mol. The van der Waals surface area contributed by atoms with Crippen molar-refractivity contribution in [3.05, 3.63) is 23.8 Å². The van der Waals surface area contributed by atoms with E-state index in [-0.39, 0.29) is 23.6 Å². The van der Waals surface area contributed by atoms with Crippen LogP contribution in [0.25, 0.3) is 0 Å². The summed E-state index contributed by atoms with van der Waals surface area (Å²) in [5.41, 5.74) is 0.517. The van der Waals surface area contributed by atoms with E-state index in [0.29, 0.717) is 12.1 Å². The minimum Gasteiger partial charge on any atom is -0.504 e. The monoisotopic (exact) mass is 194 g/mol. The van der Waals surface area contributed by atoms with Crippen molar-refractivity contribution in [2.45, 2.75) is 6.04 Å². The van der Waals surface area contributed by atoms with Crippen LogP contribution in [0, 0.1) is 0 Å². The number of aromatic hydroxyl groups is 2. The third-order valence-electron chi connectivity index (χ3n) is 2.19. The average molecular weight is 194 g/mol. The summed E-state index contributed by atoms with van der Waals surface area (Å²) >= 11 is 0. The smallest absolute Gasteiger partial charge is 0.315 e. The van der Waals surface area contributed by atoms with Gasteiger partial charge in [0.15, 0.2) is 11.5 Å². The molecule has 1 fully saturated rings. The second-order valence-electron chi connectivity index (χ2n) is 3.12. The van der Waals surface area contributed by atoms with Crippen LogP contribution in [0.2, 0.25) is 0 Å². The number of carbonyl (C=O) groups is 1. The Labute approximate surface area is 80.4 Å². The number of hydrogen-bond donors (Lipinski definition) is 4. The lowest BCUT2D eigenvalue weighted by molar-refractivity contribution is 0.247. The normalized spacial score (nSPS) is 20.3. The van der Waals surface area contributed by atoms with E-state index in [1.54, 1.807) is 12.1 Å². The molecule has 1 aliphatic rings. The fraction of sp³-hybridized carbons (Fsp3) is 0.222. The Kier molecular flexibility index (Phi) is 1.92. The van der Waals surface area contributed by atoms with Gasteiger partial charge >= 0.3 is 6.03 Å². The van der Waals surface area contributed by atoms with Crippen LogP contribution in [-0.2, 0) is 0 Å². The molecule has 0 spiro atoms. The Hall–Kier alpha value is -1.91. The highest BCUT2D eigenvalue weighted by atomic mass is 16.3. The molecule has 5 nitrogen and oxygen atoms in total. The molecule has 1 heterocycles. The summed E-state index contributed by atoms with van der Waals surface area (Å²) in [6.07, 6.45) is 0. The summed E-state index contributed by atoms with van der Waals surface area (Å²) < 4.78 is 0. The van der Waals surface area contributed by atoms with Gasteiger partial charge in [-0.25, -0.2) is 4.79 Å². The molecule has 0 aromatic heterocycles. The molecule has 0 bridgehead atoms. The molecule has 2 amide bonds. The average Bonchev–Trinajstić information content (AvgIpc) is 2.57. The number of para-hydroxylation sites is 1. The highest BCUT2D eigenvalue weighted by molar-refractivity contribution is 5.77. The van der Waals surface area contributed by atoms with Crippen molar-refractivity contribution in [1.82, 2.24) is 10.6 Å². The Morgan fingerprint density at radius 1 is 1.36 bits per heavy atom. The third-order valence-corrected chi connectivity index (χ3v) is 2.19. The third kappa shape index (κ3) is 1.32. The molecule has 0 unspecified atom stereocenters. The van der Waals surface area contributed by atoms with Gasteiger partial charge in [-0.15, -0.1) is 0 Å². The van der Waals surface area contributed by atoms with Crippen LogP contribution in [0.5, 0.6) is 11.5 Å². The quantitative estimate of drug-likeness (QED) is 0.490. The first kappa shape index (κ1) is 8.68. The zero-order chi connectivity index (χ0) is 10.1. The first-order valence-corrected chi connectivity index (χ1v) is 4.23. The SMILES string of the molecule is O=C1NC[C@H](c2cccc(O)c2O)N1. The predicted octanol–water partition coefficient (Wildman–Crippen LogP) is 0.452. The number of hydrogen-bond acceptors (Lipinski definition) is 3. The van der Waals surface area contributed by atoms with Crippen molar-refractivity contribution in [3.8, 4) is 11.5 Å². The molecular weight excluding hydrogens is 184 g/mol. The molecule has 2 rings (SSSR count). The second kappa shape index (κ2) is 3.10. The van der Waals surface area contributed by atoms with E-state index in [0.717, 1.165) is 0 Å². The lowest BCUT2D eigenvalue weighted by Crippen LogP contribution is -2.21. The largest absolute Gasteiger partial charge is 0.504 e. The summed E-state index contributed by atoms with van der Waals surface area (Å²) in [7, 11) is 0. The van der Waals surface area contributed by atoms with E-state index in [2.05, 4.69) is 10.6 Å². The maximum absolute atomic E-state index is 10.9. The van der Waals surface area contributed by atoms with Crippen LogP contribution in [0.3, 0.4) is 0 Å². The zero-order valence-corrected chi connectivity index (χ0v) is 7.32. The van der Waals surface area contributed by atoms with Crippen molar-refractivity contribution in [2.24, 2.45) is 0 Å². The fourth-order valence-corrected chi connectivity index (χ4v) is 1.47. The van der Waals surface area contributed by atoms with Crippen LogP contribution in [0.4, 0.5) is 4.79 Å². The number of rotatable bonds is 1. The van der Waals surface area contributed by atoms with Gasteiger partial charge in [0, 0.05) is 12.1 Å². The van der Waals surface area contributed by atoms with Crippen LogP contribution in [0.15, 0.2) is 18.2 Å². The highest BCUT2D eigenvalue weighted by Gasteiger charge is 2.24. The molecule has 74 valence electrons. The van der Waals surface area contributed by atoms with Crippen molar-refractivity contribution in [3.63, 3.8) is 0 Å². The summed E-state index contributed by atoms with van der Waals surface area (Å²) in [5.74, 6) is -0.356. The van der Waals surface area contributed by atoms with E-state index in [1.165, 1.54) is 6.07 Å². The lowest BCUT2D eigenvalue weighted by atomic mass is 10.1. The maximum Gasteiger partial charge on any atom is 0.315 e. The van der Waals surface area contributed by atoms with Gasteiger partial charge in [0.1, 0.15) is 0 Å². The molecule has 1 saturated heterocycles. The van der Waals surface area contributed by atoms with Gasteiger partial charge in [0.2, 0.25) is 0 Å². The van der Waals surface area contributed by atoms with Crippen LogP contribution in [-0.4, -0.2) is 22.8 Å². The summed E-state index contributed by atoms with van der Waals surface area (Å²) in [4.78, 5) is 10.9. The summed E-state index contributed by atoms with van der Waals surface area (Å²) in [6.45, 7) is 0.413. The standard InChI is InChI=1S/C9H10N2O3/c12-7-3-1-2-5(8(7)13)6-4-10-9(14)11-6/h1-3,6,12-13H,4H2,(H2,10,11,14)/t6-/m1/s1. The highest BCUT2D eigenvalue weighted by Crippen LogP contribution is 2.32. The van der Waals surface area contributed by atoms with E-state index >= 15 is 0 Å². The molecule has 1 aromatic rings. The van der Waals surface area contributed by atoms with E-state index in [1.807, 2.05) is 0 Å². The molecule has 0 radical (unpaired) electrons. The minimum atomic E-state index is -0.283. The van der Waals surface area contributed by atoms with Gasteiger partial charge in [-0.1, -0.05) is 12.1 Å². The Balaban J connectivity index is 2.32. The molecule has 1 atom stereocenters. The van der Waals surface area contributed by atoms with Gasteiger partial charge in [0.05, 0.1) is 6.04 Å². The van der Waals surface area contributed by atoms with Crippen LogP contribution < -0.4 is 10.6 Å². The molecular formula is C9H10N2O3. The lowest BCUT2D eigenvalue weighted by Gasteiger charge is -2.11. The molecule has 0 saturated carbocycles. The van der Waals surface area contributed by atoms with Gasteiger partial charge < -0.3 is 20.8 Å². The number of nitrogens with one attached hydrogen (secondary N) is 2. The summed E-state index contributed by atoms with van der Waals surface area (Å²) in [5, 5.41) is 23.9. The topological polar surface area (TPSA) is 81.6 Å². The fourth-order valence-electron chi connectivity index (χ4n) is 1.47. The number of phenolic OH excluding ortho intramolecular Hbond substituents is 2. The van der Waals surface area contributed by atoms with Crippen molar-refractivity contribution < 1.29 is 15.0 Å². The Morgan fingerprint density at radius 3 is 2.79 bits per heavy atom. The van der Waals surface area contributed by atoms with Gasteiger partial charge in [-0.3, -0.25) is 0 Å². The molecule has 1 aromatic carbocycles. The zero-order valence-electron chi connectivity index (χ0n) is 7.32.